The number of piperazine rings is 1. The molecule has 1 aliphatic rings. The molecule has 1 fully saturated rings. The SMILES string of the molecule is O=C(Nc1ccccc1-c1nc2c(CN3CCNCC3)cccc2s1)c1cccc(Br)c1. The van der Waals surface area contributed by atoms with Gasteiger partial charge in [0, 0.05) is 48.3 Å². The molecule has 0 saturated carbocycles. The van der Waals surface area contributed by atoms with Crippen LogP contribution in [0.25, 0.3) is 20.8 Å². The predicted molar refractivity (Wildman–Crippen MR) is 135 cm³/mol. The minimum absolute atomic E-state index is 0.140. The monoisotopic (exact) mass is 506 g/mol. The smallest absolute Gasteiger partial charge is 0.255 e. The Labute approximate surface area is 199 Å². The van der Waals surface area contributed by atoms with E-state index in [0.29, 0.717) is 5.56 Å². The number of carbonyl (C=O) groups excluding carboxylic acids is 1. The lowest BCUT2D eigenvalue weighted by atomic mass is 10.1. The van der Waals surface area contributed by atoms with E-state index in [1.807, 2.05) is 48.5 Å². The van der Waals surface area contributed by atoms with Crippen molar-refractivity contribution in [1.29, 1.82) is 0 Å². The van der Waals surface area contributed by atoms with Crippen molar-refractivity contribution in [3.05, 3.63) is 82.3 Å². The first-order chi connectivity index (χ1) is 15.7. The van der Waals surface area contributed by atoms with Crippen molar-refractivity contribution in [3.8, 4) is 10.6 Å². The third kappa shape index (κ3) is 4.61. The highest BCUT2D eigenvalue weighted by Gasteiger charge is 2.17. The molecule has 0 atom stereocenters. The standard InChI is InChI=1S/C25H23BrN4OS/c26-19-7-3-5-17(15-19)24(31)28-21-9-2-1-8-20(21)25-29-23-18(6-4-10-22(23)32-25)16-30-13-11-27-12-14-30/h1-10,15,27H,11-14,16H2,(H,28,31). The molecule has 0 radical (unpaired) electrons. The van der Waals surface area contributed by atoms with Crippen LogP contribution >= 0.6 is 27.3 Å². The van der Waals surface area contributed by atoms with Crippen molar-refractivity contribution >= 4 is 49.1 Å². The van der Waals surface area contributed by atoms with Crippen LogP contribution in [0.4, 0.5) is 5.69 Å². The Balaban J connectivity index is 1.45. The van der Waals surface area contributed by atoms with Gasteiger partial charge in [0.05, 0.1) is 15.9 Å². The predicted octanol–water partition coefficient (Wildman–Crippen LogP) is 5.38. The molecule has 5 nitrogen and oxygen atoms in total. The second-order valence-corrected chi connectivity index (χ2v) is 9.77. The number of benzene rings is 3. The fraction of sp³-hybridized carbons (Fsp3) is 0.200. The molecule has 0 spiro atoms. The molecule has 4 aromatic rings. The quantitative estimate of drug-likeness (QED) is 0.381. The molecule has 5 rings (SSSR count). The Bertz CT molecular complexity index is 1270. The first kappa shape index (κ1) is 21.3. The maximum absolute atomic E-state index is 12.8. The Morgan fingerprint density at radius 2 is 1.88 bits per heavy atom. The largest absolute Gasteiger partial charge is 0.321 e. The number of hydrogen-bond acceptors (Lipinski definition) is 5. The molecule has 7 heteroatoms. The van der Waals surface area contributed by atoms with Crippen LogP contribution in [0.1, 0.15) is 15.9 Å². The maximum atomic E-state index is 12.8. The molecular formula is C25H23BrN4OS. The van der Waals surface area contributed by atoms with Crippen molar-refractivity contribution in [2.24, 2.45) is 0 Å². The summed E-state index contributed by atoms with van der Waals surface area (Å²) in [7, 11) is 0. The number of halogens is 1. The lowest BCUT2D eigenvalue weighted by Gasteiger charge is -2.27. The second kappa shape index (κ2) is 9.50. The number of para-hydroxylation sites is 2. The van der Waals surface area contributed by atoms with E-state index in [-0.39, 0.29) is 5.91 Å². The fourth-order valence-electron chi connectivity index (χ4n) is 3.96. The highest BCUT2D eigenvalue weighted by molar-refractivity contribution is 9.10. The van der Waals surface area contributed by atoms with Crippen LogP contribution in [0.2, 0.25) is 0 Å². The summed E-state index contributed by atoms with van der Waals surface area (Å²) in [6, 6.07) is 21.7. The van der Waals surface area contributed by atoms with Gasteiger partial charge in [0.15, 0.2) is 0 Å². The molecule has 1 aromatic heterocycles. The Kier molecular flexibility index (Phi) is 6.32. The van der Waals surface area contributed by atoms with Crippen molar-refractivity contribution in [2.45, 2.75) is 6.54 Å². The van der Waals surface area contributed by atoms with E-state index >= 15 is 0 Å². The van der Waals surface area contributed by atoms with E-state index in [0.717, 1.165) is 59.0 Å². The number of thiazole rings is 1. The third-order valence-electron chi connectivity index (χ3n) is 5.60. The summed E-state index contributed by atoms with van der Waals surface area (Å²) in [6.45, 7) is 5.08. The molecule has 0 unspecified atom stereocenters. The highest BCUT2D eigenvalue weighted by atomic mass is 79.9. The van der Waals surface area contributed by atoms with E-state index in [4.69, 9.17) is 4.98 Å². The van der Waals surface area contributed by atoms with Gasteiger partial charge in [-0.15, -0.1) is 11.3 Å². The van der Waals surface area contributed by atoms with Gasteiger partial charge in [-0.05, 0) is 42.0 Å². The van der Waals surface area contributed by atoms with E-state index in [1.165, 1.54) is 10.3 Å². The van der Waals surface area contributed by atoms with E-state index < -0.39 is 0 Å². The molecular weight excluding hydrogens is 484 g/mol. The number of amides is 1. The average molecular weight is 507 g/mol. The first-order valence-electron chi connectivity index (χ1n) is 10.7. The van der Waals surface area contributed by atoms with Gasteiger partial charge in [0.2, 0.25) is 0 Å². The number of rotatable bonds is 5. The fourth-order valence-corrected chi connectivity index (χ4v) is 5.41. The first-order valence-corrected chi connectivity index (χ1v) is 12.3. The molecule has 3 aromatic carbocycles. The van der Waals surface area contributed by atoms with Crippen LogP contribution < -0.4 is 10.6 Å². The Hall–Kier alpha value is -2.58. The number of anilines is 1. The molecule has 2 N–H and O–H groups in total. The van der Waals surface area contributed by atoms with Crippen molar-refractivity contribution < 1.29 is 4.79 Å². The Morgan fingerprint density at radius 3 is 2.72 bits per heavy atom. The van der Waals surface area contributed by atoms with E-state index in [9.17, 15) is 4.79 Å². The minimum atomic E-state index is -0.140. The third-order valence-corrected chi connectivity index (χ3v) is 7.15. The van der Waals surface area contributed by atoms with E-state index in [1.54, 1.807) is 11.3 Å². The summed E-state index contributed by atoms with van der Waals surface area (Å²) in [5, 5.41) is 7.39. The van der Waals surface area contributed by atoms with Crippen LogP contribution in [0, 0.1) is 0 Å². The van der Waals surface area contributed by atoms with E-state index in [2.05, 4.69) is 49.7 Å². The van der Waals surface area contributed by atoms with Crippen LogP contribution in [0.15, 0.2) is 71.2 Å². The molecule has 162 valence electrons. The van der Waals surface area contributed by atoms with Crippen molar-refractivity contribution in [3.63, 3.8) is 0 Å². The van der Waals surface area contributed by atoms with Gasteiger partial charge >= 0.3 is 0 Å². The zero-order valence-electron chi connectivity index (χ0n) is 17.5. The molecule has 2 heterocycles. The van der Waals surface area contributed by atoms with Gasteiger partial charge in [-0.2, -0.15) is 0 Å². The number of nitrogens with zero attached hydrogens (tertiary/aromatic N) is 2. The van der Waals surface area contributed by atoms with Crippen LogP contribution in [0.3, 0.4) is 0 Å². The van der Waals surface area contributed by atoms with Gasteiger partial charge in [0.1, 0.15) is 5.01 Å². The second-order valence-electron chi connectivity index (χ2n) is 7.82. The molecule has 1 amide bonds. The Morgan fingerprint density at radius 1 is 1.06 bits per heavy atom. The highest BCUT2D eigenvalue weighted by Crippen LogP contribution is 2.36. The number of fused-ring (bicyclic) bond motifs is 1. The van der Waals surface area contributed by atoms with Gasteiger partial charge in [-0.25, -0.2) is 4.98 Å². The van der Waals surface area contributed by atoms with Gasteiger partial charge in [-0.3, -0.25) is 9.69 Å². The average Bonchev–Trinajstić information content (AvgIpc) is 3.25. The zero-order valence-corrected chi connectivity index (χ0v) is 19.9. The summed E-state index contributed by atoms with van der Waals surface area (Å²) in [5.41, 5.74) is 4.61. The number of nitrogens with one attached hydrogen (secondary N) is 2. The number of hydrogen-bond donors (Lipinski definition) is 2. The topological polar surface area (TPSA) is 57.3 Å². The van der Waals surface area contributed by atoms with Crippen molar-refractivity contribution in [2.75, 3.05) is 31.5 Å². The molecule has 1 aliphatic heterocycles. The van der Waals surface area contributed by atoms with Gasteiger partial charge in [-0.1, -0.05) is 46.3 Å². The summed E-state index contributed by atoms with van der Waals surface area (Å²) >= 11 is 5.10. The normalized spacial score (nSPS) is 14.5. The van der Waals surface area contributed by atoms with Crippen LogP contribution in [-0.4, -0.2) is 42.0 Å². The zero-order chi connectivity index (χ0) is 21.9. The summed E-state index contributed by atoms with van der Waals surface area (Å²) in [6.07, 6.45) is 0. The van der Waals surface area contributed by atoms with Crippen LogP contribution in [-0.2, 0) is 6.54 Å². The lowest BCUT2D eigenvalue weighted by Crippen LogP contribution is -2.42. The summed E-state index contributed by atoms with van der Waals surface area (Å²) < 4.78 is 2.04. The summed E-state index contributed by atoms with van der Waals surface area (Å²) in [4.78, 5) is 20.3. The minimum Gasteiger partial charge on any atom is -0.321 e. The molecule has 1 saturated heterocycles. The van der Waals surface area contributed by atoms with Crippen LogP contribution in [0.5, 0.6) is 0 Å². The van der Waals surface area contributed by atoms with Gasteiger partial charge in [0.25, 0.3) is 5.91 Å². The van der Waals surface area contributed by atoms with Gasteiger partial charge < -0.3 is 10.6 Å². The number of carbonyl (C=O) groups is 1. The van der Waals surface area contributed by atoms with Crippen molar-refractivity contribution in [1.82, 2.24) is 15.2 Å². The lowest BCUT2D eigenvalue weighted by molar-refractivity contribution is 0.102. The molecule has 0 bridgehead atoms. The molecule has 32 heavy (non-hydrogen) atoms. The molecule has 0 aliphatic carbocycles. The maximum Gasteiger partial charge on any atom is 0.255 e. The summed E-state index contributed by atoms with van der Waals surface area (Å²) in [5.74, 6) is -0.140. The number of aromatic nitrogens is 1.